The van der Waals surface area contributed by atoms with Crippen LogP contribution < -0.4 is 9.62 Å². The molecule has 0 fully saturated rings. The van der Waals surface area contributed by atoms with Crippen LogP contribution in [0.4, 0.5) is 0 Å². The Kier molecular flexibility index (Phi) is 8.01. The van der Waals surface area contributed by atoms with Gasteiger partial charge in [0, 0.05) is 18.8 Å². The molecule has 0 heterocycles. The highest BCUT2D eigenvalue weighted by Gasteiger charge is 2.18. The van der Waals surface area contributed by atoms with E-state index < -0.39 is 17.8 Å². The summed E-state index contributed by atoms with van der Waals surface area (Å²) in [5, 5.41) is 18.9. The van der Waals surface area contributed by atoms with Crippen LogP contribution in [0.1, 0.15) is 41.6 Å². The smallest absolute Gasteiger partial charge is 0.210 e. The van der Waals surface area contributed by atoms with Crippen LogP contribution in [0.15, 0.2) is 42.5 Å². The van der Waals surface area contributed by atoms with Crippen LogP contribution in [-0.2, 0) is 9.47 Å². The van der Waals surface area contributed by atoms with E-state index in [1.165, 1.54) is 25.3 Å². The molecular weight excluding hydrogens is 364 g/mol. The molecule has 0 aliphatic carbocycles. The highest BCUT2D eigenvalue weighted by Crippen LogP contribution is 2.39. The molecule has 0 amide bonds. The maximum Gasteiger partial charge on any atom is 0.210 e. The lowest BCUT2D eigenvalue weighted by molar-refractivity contribution is -0.140. The molecule has 2 N–H and O–H groups in total. The molecule has 150 valence electrons. The van der Waals surface area contributed by atoms with Gasteiger partial charge in [0.1, 0.15) is 0 Å². The molecule has 0 aliphatic rings. The lowest BCUT2D eigenvalue weighted by Gasteiger charge is -2.17. The highest BCUT2D eigenvalue weighted by molar-refractivity contribution is 6.09. The Bertz CT molecular complexity index is 806. The SMILES string of the molecule is CCOC(OCC)c1ccc(/C=C/C(=O)c2ccc(OO)c(OC)c2O)cc1. The fourth-order valence-corrected chi connectivity index (χ4v) is 2.59. The summed E-state index contributed by atoms with van der Waals surface area (Å²) in [7, 11) is 1.29. The lowest BCUT2D eigenvalue weighted by Crippen LogP contribution is -2.08. The van der Waals surface area contributed by atoms with Crippen molar-refractivity contribution in [2.45, 2.75) is 20.1 Å². The number of hydrogen-bond donors (Lipinski definition) is 2. The largest absolute Gasteiger partial charge is 0.504 e. The van der Waals surface area contributed by atoms with Crippen LogP contribution >= 0.6 is 0 Å². The summed E-state index contributed by atoms with van der Waals surface area (Å²) in [4.78, 5) is 16.5. The molecule has 7 heteroatoms. The first-order valence-electron chi connectivity index (χ1n) is 8.82. The van der Waals surface area contributed by atoms with Crippen molar-refractivity contribution in [3.05, 3.63) is 59.2 Å². The number of phenolic OH excluding ortho intramolecular Hbond substituents is 1. The van der Waals surface area contributed by atoms with Gasteiger partial charge in [-0.25, -0.2) is 5.26 Å². The maximum atomic E-state index is 12.4. The van der Waals surface area contributed by atoms with Gasteiger partial charge in [-0.1, -0.05) is 30.3 Å². The molecular formula is C21H24O7. The van der Waals surface area contributed by atoms with Crippen molar-refractivity contribution in [2.24, 2.45) is 0 Å². The van der Waals surface area contributed by atoms with E-state index in [4.69, 9.17) is 19.5 Å². The van der Waals surface area contributed by atoms with Crippen molar-refractivity contribution >= 4 is 11.9 Å². The van der Waals surface area contributed by atoms with E-state index in [1.807, 2.05) is 38.1 Å². The standard InChI is InChI=1S/C21H24O7/c1-4-26-21(27-5-2)15-9-6-14(7-10-15)8-12-17(22)16-11-13-18(28-24)20(25-3)19(16)23/h6-13,21,23-24H,4-5H2,1-3H3/b12-8+. The van der Waals surface area contributed by atoms with Crippen molar-refractivity contribution in [3.8, 4) is 17.2 Å². The van der Waals surface area contributed by atoms with Crippen LogP contribution in [0, 0.1) is 0 Å². The van der Waals surface area contributed by atoms with Crippen molar-refractivity contribution < 1.29 is 34.3 Å². The first-order chi connectivity index (χ1) is 13.5. The van der Waals surface area contributed by atoms with Crippen LogP contribution in [0.3, 0.4) is 0 Å². The van der Waals surface area contributed by atoms with Gasteiger partial charge in [-0.15, -0.1) is 0 Å². The first-order valence-corrected chi connectivity index (χ1v) is 8.82. The van der Waals surface area contributed by atoms with Gasteiger partial charge in [0.2, 0.25) is 11.5 Å². The summed E-state index contributed by atoms with van der Waals surface area (Å²) in [6, 6.07) is 10.1. The predicted molar refractivity (Wildman–Crippen MR) is 104 cm³/mol. The number of benzene rings is 2. The summed E-state index contributed by atoms with van der Waals surface area (Å²) < 4.78 is 16.1. The Labute approximate surface area is 163 Å². The van der Waals surface area contributed by atoms with Crippen molar-refractivity contribution in [1.82, 2.24) is 0 Å². The van der Waals surface area contributed by atoms with Crippen LogP contribution in [-0.4, -0.2) is 36.5 Å². The Morgan fingerprint density at radius 2 is 1.71 bits per heavy atom. The number of methoxy groups -OCH3 is 1. The molecule has 7 nitrogen and oxygen atoms in total. The Hall–Kier alpha value is -2.87. The molecule has 0 saturated heterocycles. The number of phenols is 1. The number of ketones is 1. The van der Waals surface area contributed by atoms with Crippen molar-refractivity contribution in [2.75, 3.05) is 20.3 Å². The zero-order valence-electron chi connectivity index (χ0n) is 16.0. The molecule has 2 rings (SSSR count). The molecule has 0 atom stereocenters. The summed E-state index contributed by atoms with van der Waals surface area (Å²) in [5.41, 5.74) is 1.71. The number of hydrogen-bond acceptors (Lipinski definition) is 7. The number of carbonyl (C=O) groups is 1. The zero-order valence-corrected chi connectivity index (χ0v) is 16.0. The highest BCUT2D eigenvalue weighted by atomic mass is 17.1. The average molecular weight is 388 g/mol. The van der Waals surface area contributed by atoms with Gasteiger partial charge in [0.25, 0.3) is 0 Å². The quantitative estimate of drug-likeness (QED) is 0.207. The second-order valence-corrected chi connectivity index (χ2v) is 5.69. The minimum Gasteiger partial charge on any atom is -0.504 e. The van der Waals surface area contributed by atoms with E-state index >= 15 is 0 Å². The number of rotatable bonds is 10. The summed E-state index contributed by atoms with van der Waals surface area (Å²) >= 11 is 0. The van der Waals surface area contributed by atoms with E-state index in [0.29, 0.717) is 13.2 Å². The number of allylic oxidation sites excluding steroid dienone is 1. The maximum absolute atomic E-state index is 12.4. The van der Waals surface area contributed by atoms with Gasteiger partial charge in [0.05, 0.1) is 12.7 Å². The molecule has 0 radical (unpaired) electrons. The monoisotopic (exact) mass is 388 g/mol. The molecule has 0 saturated carbocycles. The summed E-state index contributed by atoms with van der Waals surface area (Å²) in [6.45, 7) is 4.87. The molecule has 2 aromatic rings. The van der Waals surface area contributed by atoms with Gasteiger partial charge < -0.3 is 24.2 Å². The second-order valence-electron chi connectivity index (χ2n) is 5.69. The number of aromatic hydroxyl groups is 1. The molecule has 0 aromatic heterocycles. The molecule has 2 aromatic carbocycles. The fourth-order valence-electron chi connectivity index (χ4n) is 2.59. The fraction of sp³-hybridized carbons (Fsp3) is 0.286. The van der Waals surface area contributed by atoms with Crippen molar-refractivity contribution in [3.63, 3.8) is 0 Å². The normalized spacial score (nSPS) is 11.2. The van der Waals surface area contributed by atoms with Gasteiger partial charge >= 0.3 is 0 Å². The average Bonchev–Trinajstić information content (AvgIpc) is 2.72. The molecule has 0 unspecified atom stereocenters. The molecule has 0 spiro atoms. The first kappa shape index (κ1) is 21.4. The number of ether oxygens (including phenoxy) is 3. The van der Waals surface area contributed by atoms with Crippen LogP contribution in [0.25, 0.3) is 6.08 Å². The Morgan fingerprint density at radius 1 is 1.07 bits per heavy atom. The van der Waals surface area contributed by atoms with E-state index in [2.05, 4.69) is 4.89 Å². The third kappa shape index (κ3) is 5.10. The topological polar surface area (TPSA) is 94.5 Å². The Morgan fingerprint density at radius 3 is 2.25 bits per heavy atom. The minimum atomic E-state index is -0.425. The molecule has 0 bridgehead atoms. The Balaban J connectivity index is 2.16. The van der Waals surface area contributed by atoms with Gasteiger partial charge in [-0.05, 0) is 37.6 Å². The minimum absolute atomic E-state index is 0.0262. The second kappa shape index (κ2) is 10.5. The predicted octanol–water partition coefficient (Wildman–Crippen LogP) is 4.22. The van der Waals surface area contributed by atoms with Gasteiger partial charge in [-0.3, -0.25) is 4.79 Å². The summed E-state index contributed by atoms with van der Waals surface area (Å²) in [6.07, 6.45) is 2.54. The van der Waals surface area contributed by atoms with E-state index in [0.717, 1.165) is 11.1 Å². The van der Waals surface area contributed by atoms with Crippen molar-refractivity contribution in [1.29, 1.82) is 0 Å². The molecule has 28 heavy (non-hydrogen) atoms. The summed E-state index contributed by atoms with van der Waals surface area (Å²) in [5.74, 6) is -1.04. The van der Waals surface area contributed by atoms with Crippen LogP contribution in [0.2, 0.25) is 0 Å². The number of carbonyl (C=O) groups excluding carboxylic acids is 1. The third-order valence-electron chi connectivity index (χ3n) is 3.94. The lowest BCUT2D eigenvalue weighted by atomic mass is 10.1. The zero-order chi connectivity index (χ0) is 20.5. The third-order valence-corrected chi connectivity index (χ3v) is 3.94. The van der Waals surface area contributed by atoms with E-state index in [-0.39, 0.29) is 17.1 Å². The van der Waals surface area contributed by atoms with Crippen LogP contribution in [0.5, 0.6) is 17.2 Å². The van der Waals surface area contributed by atoms with Gasteiger partial charge in [-0.2, -0.15) is 0 Å². The molecule has 0 aliphatic heterocycles. The van der Waals surface area contributed by atoms with E-state index in [9.17, 15) is 9.90 Å². The van der Waals surface area contributed by atoms with Gasteiger partial charge in [0.15, 0.2) is 17.8 Å². The van der Waals surface area contributed by atoms with E-state index in [1.54, 1.807) is 6.08 Å².